The minimum Gasteiger partial charge on any atom is -0.397 e. The summed E-state index contributed by atoms with van der Waals surface area (Å²) >= 11 is 0. The van der Waals surface area contributed by atoms with Crippen LogP contribution < -0.4 is 5.73 Å². The van der Waals surface area contributed by atoms with Crippen molar-refractivity contribution in [2.45, 2.75) is 0 Å². The molecule has 3 aromatic carbocycles. The van der Waals surface area contributed by atoms with Gasteiger partial charge in [-0.05, 0) is 11.1 Å². The largest absolute Gasteiger partial charge is 0.397 e. The van der Waals surface area contributed by atoms with E-state index in [-0.39, 0.29) is 0 Å². The Balaban J connectivity index is 2.08. The number of nitrogens with zero attached hydrogens (tertiary/aromatic N) is 1. The molecule has 0 aliphatic rings. The lowest BCUT2D eigenvalue weighted by atomic mass is 9.90. The van der Waals surface area contributed by atoms with Crippen LogP contribution in [0.2, 0.25) is 0 Å². The molecule has 1 aromatic heterocycles. The van der Waals surface area contributed by atoms with Crippen molar-refractivity contribution in [1.29, 1.82) is 0 Å². The van der Waals surface area contributed by atoms with Crippen LogP contribution in [-0.2, 0) is 0 Å². The molecule has 0 spiro atoms. The molecule has 0 aliphatic heterocycles. The van der Waals surface area contributed by atoms with Crippen molar-refractivity contribution >= 4 is 5.69 Å². The predicted octanol–water partition coefficient (Wildman–Crippen LogP) is 5.66. The Bertz CT molecular complexity index is 978. The van der Waals surface area contributed by atoms with Crippen molar-refractivity contribution < 1.29 is 0 Å². The Hall–Kier alpha value is -3.39. The topological polar surface area (TPSA) is 38.9 Å². The number of rotatable bonds is 3. The SMILES string of the molecule is Nc1cnc(-c2ccccc2)c(-c2ccccc2)c1-c1ccccc1. The first-order valence-electron chi connectivity index (χ1n) is 8.29. The molecule has 0 amide bonds. The predicted molar refractivity (Wildman–Crippen MR) is 105 cm³/mol. The van der Waals surface area contributed by atoms with Gasteiger partial charge in [-0.25, -0.2) is 0 Å². The molecule has 0 saturated heterocycles. The third kappa shape index (κ3) is 2.90. The molecular weight excluding hydrogens is 304 g/mol. The van der Waals surface area contributed by atoms with E-state index < -0.39 is 0 Å². The van der Waals surface area contributed by atoms with Crippen molar-refractivity contribution in [1.82, 2.24) is 4.98 Å². The van der Waals surface area contributed by atoms with E-state index in [0.717, 1.165) is 33.5 Å². The maximum absolute atomic E-state index is 6.38. The molecule has 1 heterocycles. The van der Waals surface area contributed by atoms with Gasteiger partial charge in [-0.15, -0.1) is 0 Å². The molecular formula is C23H18N2. The fraction of sp³-hybridized carbons (Fsp3) is 0. The average molecular weight is 322 g/mol. The quantitative estimate of drug-likeness (QED) is 0.528. The van der Waals surface area contributed by atoms with Gasteiger partial charge in [0, 0.05) is 16.7 Å². The number of hydrogen-bond donors (Lipinski definition) is 1. The second kappa shape index (κ2) is 6.62. The molecule has 0 bridgehead atoms. The number of anilines is 1. The second-order valence-corrected chi connectivity index (χ2v) is 5.91. The number of nitrogen functional groups attached to an aromatic ring is 1. The van der Waals surface area contributed by atoms with Crippen LogP contribution >= 0.6 is 0 Å². The van der Waals surface area contributed by atoms with E-state index in [9.17, 15) is 0 Å². The highest BCUT2D eigenvalue weighted by atomic mass is 14.7. The first-order valence-corrected chi connectivity index (χ1v) is 8.29. The number of aromatic nitrogens is 1. The molecule has 0 unspecified atom stereocenters. The summed E-state index contributed by atoms with van der Waals surface area (Å²) in [5.74, 6) is 0. The Kier molecular flexibility index (Phi) is 4.01. The Morgan fingerprint density at radius 2 is 0.960 bits per heavy atom. The molecule has 2 N–H and O–H groups in total. The lowest BCUT2D eigenvalue weighted by Gasteiger charge is -2.17. The van der Waals surface area contributed by atoms with Crippen molar-refractivity contribution in [3.8, 4) is 33.5 Å². The summed E-state index contributed by atoms with van der Waals surface area (Å²) in [6.07, 6.45) is 1.76. The van der Waals surface area contributed by atoms with Gasteiger partial charge in [-0.1, -0.05) is 91.0 Å². The van der Waals surface area contributed by atoms with Gasteiger partial charge >= 0.3 is 0 Å². The maximum atomic E-state index is 6.38. The Labute approximate surface area is 147 Å². The van der Waals surface area contributed by atoms with Crippen LogP contribution in [0.15, 0.2) is 97.2 Å². The first-order chi connectivity index (χ1) is 12.3. The van der Waals surface area contributed by atoms with E-state index in [0.29, 0.717) is 5.69 Å². The fourth-order valence-electron chi connectivity index (χ4n) is 3.14. The van der Waals surface area contributed by atoms with Crippen LogP contribution in [0.25, 0.3) is 33.5 Å². The maximum Gasteiger partial charge on any atom is 0.0788 e. The molecule has 0 saturated carbocycles. The van der Waals surface area contributed by atoms with Crippen LogP contribution in [0.1, 0.15) is 0 Å². The van der Waals surface area contributed by atoms with E-state index >= 15 is 0 Å². The van der Waals surface area contributed by atoms with Crippen LogP contribution in [0.3, 0.4) is 0 Å². The van der Waals surface area contributed by atoms with E-state index in [1.54, 1.807) is 6.20 Å². The van der Waals surface area contributed by atoms with E-state index in [1.165, 1.54) is 0 Å². The number of hydrogen-bond acceptors (Lipinski definition) is 2. The molecule has 2 nitrogen and oxygen atoms in total. The highest BCUT2D eigenvalue weighted by molar-refractivity contribution is 5.97. The normalized spacial score (nSPS) is 10.6. The zero-order chi connectivity index (χ0) is 17.1. The lowest BCUT2D eigenvalue weighted by molar-refractivity contribution is 1.33. The van der Waals surface area contributed by atoms with Gasteiger partial charge in [0.15, 0.2) is 0 Å². The minimum absolute atomic E-state index is 0.685. The van der Waals surface area contributed by atoms with Gasteiger partial charge in [0.2, 0.25) is 0 Å². The van der Waals surface area contributed by atoms with Gasteiger partial charge in [-0.2, -0.15) is 0 Å². The Morgan fingerprint density at radius 1 is 0.520 bits per heavy atom. The second-order valence-electron chi connectivity index (χ2n) is 5.91. The first kappa shape index (κ1) is 15.2. The number of nitrogens with two attached hydrogens (primary N) is 1. The molecule has 0 atom stereocenters. The molecule has 2 heteroatoms. The van der Waals surface area contributed by atoms with E-state index in [2.05, 4.69) is 41.4 Å². The van der Waals surface area contributed by atoms with Gasteiger partial charge in [0.1, 0.15) is 0 Å². The fourth-order valence-corrected chi connectivity index (χ4v) is 3.14. The van der Waals surface area contributed by atoms with Crippen LogP contribution in [-0.4, -0.2) is 4.98 Å². The molecule has 4 rings (SSSR count). The lowest BCUT2D eigenvalue weighted by Crippen LogP contribution is -1.99. The summed E-state index contributed by atoms with van der Waals surface area (Å²) in [5, 5.41) is 0. The summed E-state index contributed by atoms with van der Waals surface area (Å²) in [7, 11) is 0. The summed E-state index contributed by atoms with van der Waals surface area (Å²) in [4.78, 5) is 4.69. The summed E-state index contributed by atoms with van der Waals surface area (Å²) in [5.41, 5.74) is 13.4. The zero-order valence-corrected chi connectivity index (χ0v) is 13.8. The molecule has 0 aliphatic carbocycles. The van der Waals surface area contributed by atoms with Gasteiger partial charge < -0.3 is 5.73 Å². The van der Waals surface area contributed by atoms with Gasteiger partial charge in [-0.3, -0.25) is 4.98 Å². The van der Waals surface area contributed by atoms with Crippen molar-refractivity contribution in [3.63, 3.8) is 0 Å². The summed E-state index contributed by atoms with van der Waals surface area (Å²) in [6.45, 7) is 0. The van der Waals surface area contributed by atoms with Crippen LogP contribution in [0.5, 0.6) is 0 Å². The molecule has 25 heavy (non-hydrogen) atoms. The molecule has 120 valence electrons. The standard InChI is InChI=1S/C23H18N2/c24-20-16-25-23(19-14-8-3-9-15-19)22(18-12-6-2-7-13-18)21(20)17-10-4-1-5-11-17/h1-16H,24H2. The highest BCUT2D eigenvalue weighted by Gasteiger charge is 2.17. The molecule has 0 fully saturated rings. The van der Waals surface area contributed by atoms with Crippen molar-refractivity contribution in [2.75, 3.05) is 5.73 Å². The van der Waals surface area contributed by atoms with Gasteiger partial charge in [0.25, 0.3) is 0 Å². The van der Waals surface area contributed by atoms with Gasteiger partial charge in [0.05, 0.1) is 17.6 Å². The Morgan fingerprint density at radius 3 is 1.48 bits per heavy atom. The van der Waals surface area contributed by atoms with E-state index in [1.807, 2.05) is 54.6 Å². The monoisotopic (exact) mass is 322 g/mol. The number of benzene rings is 3. The van der Waals surface area contributed by atoms with Crippen LogP contribution in [0.4, 0.5) is 5.69 Å². The smallest absolute Gasteiger partial charge is 0.0788 e. The third-order valence-electron chi connectivity index (χ3n) is 4.28. The average Bonchev–Trinajstić information content (AvgIpc) is 2.70. The highest BCUT2D eigenvalue weighted by Crippen LogP contribution is 2.41. The van der Waals surface area contributed by atoms with Crippen LogP contribution in [0, 0.1) is 0 Å². The summed E-state index contributed by atoms with van der Waals surface area (Å²) in [6, 6.07) is 30.8. The minimum atomic E-state index is 0.685. The molecule has 0 radical (unpaired) electrons. The van der Waals surface area contributed by atoms with Crippen molar-refractivity contribution in [2.24, 2.45) is 0 Å². The number of pyridine rings is 1. The zero-order valence-electron chi connectivity index (χ0n) is 13.8. The van der Waals surface area contributed by atoms with Crippen molar-refractivity contribution in [3.05, 3.63) is 97.2 Å². The molecule has 4 aromatic rings. The summed E-state index contributed by atoms with van der Waals surface area (Å²) < 4.78 is 0. The van der Waals surface area contributed by atoms with E-state index in [4.69, 9.17) is 5.73 Å². The third-order valence-corrected chi connectivity index (χ3v) is 4.28.